The Balaban J connectivity index is 1.40. The third kappa shape index (κ3) is 5.81. The molecule has 2 aliphatic rings. The Bertz CT molecular complexity index is 708. The summed E-state index contributed by atoms with van der Waals surface area (Å²) in [6.45, 7) is 1.19. The average molecular weight is 409 g/mol. The van der Waals surface area contributed by atoms with Gasteiger partial charge >= 0.3 is 6.03 Å². The second-order valence-electron chi connectivity index (χ2n) is 8.14. The van der Waals surface area contributed by atoms with E-state index in [1.165, 1.54) is 12.1 Å². The summed E-state index contributed by atoms with van der Waals surface area (Å²) >= 11 is 0. The van der Waals surface area contributed by atoms with E-state index in [1.807, 2.05) is 0 Å². The fourth-order valence-electron chi connectivity index (χ4n) is 4.05. The van der Waals surface area contributed by atoms with Crippen LogP contribution in [0.4, 0.5) is 13.6 Å². The molecule has 3 amide bonds. The highest BCUT2D eigenvalue weighted by atomic mass is 19.1. The number of nitrogens with zero attached hydrogens (tertiary/aromatic N) is 2. The summed E-state index contributed by atoms with van der Waals surface area (Å²) in [6, 6.07) is 3.27. The first-order valence-electron chi connectivity index (χ1n) is 10.2. The summed E-state index contributed by atoms with van der Waals surface area (Å²) in [5.41, 5.74) is 0. The number of rotatable bonds is 4. The van der Waals surface area contributed by atoms with Gasteiger partial charge < -0.3 is 19.9 Å². The molecule has 2 fully saturated rings. The number of carbonyl (C=O) groups is 2. The molecule has 0 spiro atoms. The number of nitrogens with one attached hydrogen (secondary N) is 1. The lowest BCUT2D eigenvalue weighted by atomic mass is 9.91. The molecule has 1 N–H and O–H groups in total. The Morgan fingerprint density at radius 3 is 2.14 bits per heavy atom. The third-order valence-electron chi connectivity index (χ3n) is 5.68. The number of halogens is 2. The molecule has 0 radical (unpaired) electrons. The summed E-state index contributed by atoms with van der Waals surface area (Å²) < 4.78 is 32.3. The molecule has 1 aromatic carbocycles. The number of amides is 3. The maximum atomic E-state index is 13.3. The summed E-state index contributed by atoms with van der Waals surface area (Å²) in [7, 11) is 3.46. The standard InChI is InChI=1S/C21H29F2N3O3/c1-25(2)21(28)26-9-7-14(8-10-26)20(27)24-17-3-5-18(6-4-17)29-19-12-15(22)11-16(23)13-19/h11-14,17-18H,3-10H2,1-2H3,(H,24,27). The van der Waals surface area contributed by atoms with E-state index in [-0.39, 0.29) is 35.8 Å². The van der Waals surface area contributed by atoms with Gasteiger partial charge in [-0.1, -0.05) is 0 Å². The summed E-state index contributed by atoms with van der Waals surface area (Å²) in [6.07, 6.45) is 4.23. The Hall–Kier alpha value is -2.38. The van der Waals surface area contributed by atoms with Gasteiger partial charge in [-0.05, 0) is 38.5 Å². The van der Waals surface area contributed by atoms with Gasteiger partial charge in [-0.2, -0.15) is 0 Å². The summed E-state index contributed by atoms with van der Waals surface area (Å²) in [4.78, 5) is 27.9. The normalized spacial score (nSPS) is 22.8. The highest BCUT2D eigenvalue weighted by molar-refractivity contribution is 5.80. The van der Waals surface area contributed by atoms with Crippen molar-refractivity contribution in [2.75, 3.05) is 27.2 Å². The lowest BCUT2D eigenvalue weighted by Gasteiger charge is -2.34. The van der Waals surface area contributed by atoms with Crippen molar-refractivity contribution in [2.24, 2.45) is 5.92 Å². The predicted molar refractivity (Wildman–Crippen MR) is 105 cm³/mol. The topological polar surface area (TPSA) is 61.9 Å². The molecule has 6 nitrogen and oxygen atoms in total. The minimum absolute atomic E-state index is 0.0136. The molecule has 8 heteroatoms. The van der Waals surface area contributed by atoms with E-state index in [2.05, 4.69) is 5.32 Å². The predicted octanol–water partition coefficient (Wildman–Crippen LogP) is 3.16. The van der Waals surface area contributed by atoms with Crippen LogP contribution in [0.3, 0.4) is 0 Å². The summed E-state index contributed by atoms with van der Waals surface area (Å²) in [5, 5.41) is 3.13. The minimum Gasteiger partial charge on any atom is -0.490 e. The second-order valence-corrected chi connectivity index (χ2v) is 8.14. The molecule has 1 saturated carbocycles. The third-order valence-corrected chi connectivity index (χ3v) is 5.68. The van der Waals surface area contributed by atoms with Gasteiger partial charge in [-0.25, -0.2) is 13.6 Å². The number of benzene rings is 1. The van der Waals surface area contributed by atoms with Gasteiger partial charge in [0, 0.05) is 57.3 Å². The molecule has 1 heterocycles. The molecular formula is C21H29F2N3O3. The summed E-state index contributed by atoms with van der Waals surface area (Å²) in [5.74, 6) is -1.11. The van der Waals surface area contributed by atoms with Crippen molar-refractivity contribution in [1.29, 1.82) is 0 Å². The number of piperidine rings is 1. The van der Waals surface area contributed by atoms with Crippen molar-refractivity contribution in [3.05, 3.63) is 29.8 Å². The van der Waals surface area contributed by atoms with E-state index in [4.69, 9.17) is 4.74 Å². The monoisotopic (exact) mass is 409 g/mol. The molecule has 0 aromatic heterocycles. The molecular weight excluding hydrogens is 380 g/mol. The highest BCUT2D eigenvalue weighted by Crippen LogP contribution is 2.26. The zero-order chi connectivity index (χ0) is 21.0. The molecule has 0 unspecified atom stereocenters. The van der Waals surface area contributed by atoms with Crippen molar-refractivity contribution in [3.8, 4) is 5.75 Å². The van der Waals surface area contributed by atoms with Crippen LogP contribution in [0.5, 0.6) is 5.75 Å². The van der Waals surface area contributed by atoms with E-state index in [0.29, 0.717) is 25.9 Å². The zero-order valence-corrected chi connectivity index (χ0v) is 17.0. The van der Waals surface area contributed by atoms with Gasteiger partial charge in [0.05, 0.1) is 6.10 Å². The van der Waals surface area contributed by atoms with Gasteiger partial charge in [0.1, 0.15) is 17.4 Å². The smallest absolute Gasteiger partial charge is 0.319 e. The van der Waals surface area contributed by atoms with Crippen LogP contribution in [-0.4, -0.2) is 61.1 Å². The molecule has 0 atom stereocenters. The number of likely N-dealkylation sites (tertiary alicyclic amines) is 1. The van der Waals surface area contributed by atoms with Crippen molar-refractivity contribution >= 4 is 11.9 Å². The molecule has 1 aliphatic carbocycles. The van der Waals surface area contributed by atoms with Crippen molar-refractivity contribution in [1.82, 2.24) is 15.1 Å². The molecule has 29 heavy (non-hydrogen) atoms. The van der Waals surface area contributed by atoms with E-state index in [9.17, 15) is 18.4 Å². The van der Waals surface area contributed by atoms with E-state index in [1.54, 1.807) is 23.9 Å². The van der Waals surface area contributed by atoms with Crippen molar-refractivity contribution in [2.45, 2.75) is 50.7 Å². The zero-order valence-electron chi connectivity index (χ0n) is 17.0. The number of carbonyl (C=O) groups excluding carboxylic acids is 2. The first kappa shape index (κ1) is 21.3. The fraction of sp³-hybridized carbons (Fsp3) is 0.619. The molecule has 1 aliphatic heterocycles. The van der Waals surface area contributed by atoms with Gasteiger partial charge in [-0.3, -0.25) is 4.79 Å². The molecule has 0 bridgehead atoms. The molecule has 1 aromatic rings. The maximum absolute atomic E-state index is 13.3. The van der Waals surface area contributed by atoms with Crippen LogP contribution in [0.15, 0.2) is 18.2 Å². The van der Waals surface area contributed by atoms with Crippen LogP contribution >= 0.6 is 0 Å². The van der Waals surface area contributed by atoms with E-state index >= 15 is 0 Å². The largest absolute Gasteiger partial charge is 0.490 e. The maximum Gasteiger partial charge on any atom is 0.319 e. The van der Waals surface area contributed by atoms with Crippen molar-refractivity contribution < 1.29 is 23.1 Å². The molecule has 1 saturated heterocycles. The Morgan fingerprint density at radius 2 is 1.59 bits per heavy atom. The van der Waals surface area contributed by atoms with Gasteiger partial charge in [-0.15, -0.1) is 0 Å². The number of urea groups is 1. The van der Waals surface area contributed by atoms with Gasteiger partial charge in [0.2, 0.25) is 5.91 Å². The Kier molecular flexibility index (Phi) is 6.92. The average Bonchev–Trinajstić information content (AvgIpc) is 2.68. The lowest BCUT2D eigenvalue weighted by molar-refractivity contribution is -0.127. The fourth-order valence-corrected chi connectivity index (χ4v) is 4.05. The number of hydrogen-bond acceptors (Lipinski definition) is 3. The van der Waals surface area contributed by atoms with Crippen LogP contribution in [0.1, 0.15) is 38.5 Å². The lowest BCUT2D eigenvalue weighted by Crippen LogP contribution is -2.48. The Morgan fingerprint density at radius 1 is 1.00 bits per heavy atom. The van der Waals surface area contributed by atoms with Gasteiger partial charge in [0.15, 0.2) is 0 Å². The van der Waals surface area contributed by atoms with E-state index < -0.39 is 11.6 Å². The second kappa shape index (κ2) is 9.41. The van der Waals surface area contributed by atoms with Crippen LogP contribution in [0.2, 0.25) is 0 Å². The first-order valence-corrected chi connectivity index (χ1v) is 10.2. The molecule has 3 rings (SSSR count). The Labute approximate surface area is 170 Å². The SMILES string of the molecule is CN(C)C(=O)N1CCC(C(=O)NC2CCC(Oc3cc(F)cc(F)c3)CC2)CC1. The van der Waals surface area contributed by atoms with Crippen LogP contribution in [-0.2, 0) is 4.79 Å². The number of hydrogen-bond donors (Lipinski definition) is 1. The first-order chi connectivity index (χ1) is 13.8. The van der Waals surface area contributed by atoms with Crippen LogP contribution in [0, 0.1) is 17.6 Å². The number of ether oxygens (including phenoxy) is 1. The molecule has 160 valence electrons. The van der Waals surface area contributed by atoms with Crippen LogP contribution in [0.25, 0.3) is 0 Å². The highest BCUT2D eigenvalue weighted by Gasteiger charge is 2.30. The minimum atomic E-state index is -0.653. The van der Waals surface area contributed by atoms with Gasteiger partial charge in [0.25, 0.3) is 0 Å². The quantitative estimate of drug-likeness (QED) is 0.831. The van der Waals surface area contributed by atoms with Crippen LogP contribution < -0.4 is 10.1 Å². The van der Waals surface area contributed by atoms with Crippen molar-refractivity contribution in [3.63, 3.8) is 0 Å². The van der Waals surface area contributed by atoms with E-state index in [0.717, 1.165) is 31.7 Å².